The van der Waals surface area contributed by atoms with E-state index in [0.29, 0.717) is 28.9 Å². The van der Waals surface area contributed by atoms with Crippen molar-refractivity contribution in [2.24, 2.45) is 4.99 Å². The Bertz CT molecular complexity index is 1050. The Morgan fingerprint density at radius 2 is 1.93 bits per heavy atom. The lowest BCUT2D eigenvalue weighted by atomic mass is 10.1. The molecule has 1 aliphatic heterocycles. The largest absolute Gasteiger partial charge is 0.871 e. The topological polar surface area (TPSA) is 73.3 Å². The Morgan fingerprint density at radius 1 is 1.20 bits per heavy atom. The molecule has 0 bridgehead atoms. The smallest absolute Gasteiger partial charge is 0.289 e. The van der Waals surface area contributed by atoms with E-state index in [0.717, 1.165) is 24.3 Å². The van der Waals surface area contributed by atoms with Crippen LogP contribution in [0.25, 0.3) is 0 Å². The van der Waals surface area contributed by atoms with Crippen molar-refractivity contribution >= 4 is 39.4 Å². The Labute approximate surface area is 183 Å². The summed E-state index contributed by atoms with van der Waals surface area (Å²) in [5, 5.41) is 12.2. The molecule has 1 fully saturated rings. The number of carbonyl (C=O) groups excluding carboxylic acids is 1. The molecule has 3 aromatic rings. The molecular weight excluding hydrogens is 446 g/mol. The molecule has 1 aliphatic rings. The van der Waals surface area contributed by atoms with E-state index in [4.69, 9.17) is 4.42 Å². The van der Waals surface area contributed by atoms with Gasteiger partial charge in [0.25, 0.3) is 5.91 Å². The normalized spacial score (nSPS) is 15.1. The molecule has 0 saturated carbocycles. The Kier molecular flexibility index (Phi) is 6.01. The van der Waals surface area contributed by atoms with Crippen LogP contribution in [0.5, 0.6) is 5.75 Å². The lowest BCUT2D eigenvalue weighted by Crippen LogP contribution is -3.10. The first kappa shape index (κ1) is 20.4. The quantitative estimate of drug-likeness (QED) is 0.599. The number of hydrogen-bond donors (Lipinski definition) is 1. The highest BCUT2D eigenvalue weighted by atomic mass is 79.9. The summed E-state index contributed by atoms with van der Waals surface area (Å²) < 4.78 is 5.76. The molecular formula is C23H22BrN3O3. The van der Waals surface area contributed by atoms with E-state index >= 15 is 0 Å². The van der Waals surface area contributed by atoms with Gasteiger partial charge in [0.15, 0.2) is 5.76 Å². The van der Waals surface area contributed by atoms with Crippen molar-refractivity contribution in [2.45, 2.75) is 6.92 Å². The van der Waals surface area contributed by atoms with Crippen LogP contribution in [-0.2, 0) is 0 Å². The highest BCUT2D eigenvalue weighted by Gasteiger charge is 2.26. The minimum absolute atomic E-state index is 0.0516. The van der Waals surface area contributed by atoms with Crippen LogP contribution >= 0.6 is 15.9 Å². The SMILES string of the molecule is Cc1cc(Br)c([O-])c(C=Nc2ccc([NH+]3CCN(C(=O)c4ccco4)CC3)cc2)c1. The molecule has 4 rings (SSSR count). The van der Waals surface area contributed by atoms with Crippen LogP contribution in [0.1, 0.15) is 21.7 Å². The van der Waals surface area contributed by atoms with Crippen molar-refractivity contribution in [3.63, 3.8) is 0 Å². The molecule has 1 amide bonds. The van der Waals surface area contributed by atoms with Crippen LogP contribution in [0.3, 0.4) is 0 Å². The van der Waals surface area contributed by atoms with Gasteiger partial charge in [0, 0.05) is 22.8 Å². The molecule has 154 valence electrons. The predicted octanol–water partition coefficient (Wildman–Crippen LogP) is 2.85. The number of amides is 1. The van der Waals surface area contributed by atoms with E-state index in [1.165, 1.54) is 16.9 Å². The molecule has 2 heterocycles. The summed E-state index contributed by atoms with van der Waals surface area (Å²) in [4.78, 5) is 20.0. The fourth-order valence-electron chi connectivity index (χ4n) is 3.60. The van der Waals surface area contributed by atoms with Gasteiger partial charge in [0.1, 0.15) is 5.69 Å². The van der Waals surface area contributed by atoms with Gasteiger partial charge in [-0.05, 0) is 48.4 Å². The van der Waals surface area contributed by atoms with Gasteiger partial charge in [-0.2, -0.15) is 0 Å². The number of piperazine rings is 1. The maximum Gasteiger partial charge on any atom is 0.289 e. The summed E-state index contributed by atoms with van der Waals surface area (Å²) >= 11 is 3.29. The number of halogens is 1. The molecule has 7 heteroatoms. The molecule has 0 spiro atoms. The van der Waals surface area contributed by atoms with Crippen LogP contribution in [0, 0.1) is 6.92 Å². The van der Waals surface area contributed by atoms with Crippen LogP contribution in [0.15, 0.2) is 68.7 Å². The number of aryl methyl sites for hydroxylation is 1. The second-order valence-electron chi connectivity index (χ2n) is 7.34. The number of furan rings is 1. The van der Waals surface area contributed by atoms with Gasteiger partial charge in [-0.1, -0.05) is 27.7 Å². The number of carbonyl (C=O) groups is 1. The van der Waals surface area contributed by atoms with Gasteiger partial charge in [-0.3, -0.25) is 14.7 Å². The molecule has 6 nitrogen and oxygen atoms in total. The first-order valence-corrected chi connectivity index (χ1v) is 10.6. The van der Waals surface area contributed by atoms with Crippen LogP contribution in [-0.4, -0.2) is 43.2 Å². The van der Waals surface area contributed by atoms with E-state index in [1.54, 1.807) is 24.4 Å². The summed E-state index contributed by atoms with van der Waals surface area (Å²) in [6.07, 6.45) is 3.13. The monoisotopic (exact) mass is 467 g/mol. The van der Waals surface area contributed by atoms with Crippen molar-refractivity contribution in [2.75, 3.05) is 26.2 Å². The Hall–Kier alpha value is -2.90. The van der Waals surface area contributed by atoms with E-state index in [-0.39, 0.29) is 11.7 Å². The van der Waals surface area contributed by atoms with Crippen molar-refractivity contribution in [3.8, 4) is 5.75 Å². The zero-order valence-electron chi connectivity index (χ0n) is 16.6. The van der Waals surface area contributed by atoms with Gasteiger partial charge in [0.2, 0.25) is 0 Å². The molecule has 1 N–H and O–H groups in total. The predicted molar refractivity (Wildman–Crippen MR) is 117 cm³/mol. The van der Waals surface area contributed by atoms with E-state index in [9.17, 15) is 9.90 Å². The minimum atomic E-state index is -0.0626. The molecule has 2 aromatic carbocycles. The molecule has 30 heavy (non-hydrogen) atoms. The van der Waals surface area contributed by atoms with Crippen LogP contribution in [0.2, 0.25) is 0 Å². The van der Waals surface area contributed by atoms with E-state index < -0.39 is 0 Å². The first-order valence-electron chi connectivity index (χ1n) is 9.80. The Morgan fingerprint density at radius 3 is 2.60 bits per heavy atom. The summed E-state index contributed by atoms with van der Waals surface area (Å²) in [7, 11) is 0. The highest BCUT2D eigenvalue weighted by Crippen LogP contribution is 2.26. The number of nitrogens with one attached hydrogen (secondary N) is 1. The fourth-order valence-corrected chi connectivity index (χ4v) is 4.19. The zero-order valence-corrected chi connectivity index (χ0v) is 18.2. The van der Waals surface area contributed by atoms with Gasteiger partial charge >= 0.3 is 0 Å². The first-order chi connectivity index (χ1) is 14.5. The van der Waals surface area contributed by atoms with Crippen molar-refractivity contribution in [1.29, 1.82) is 0 Å². The number of benzene rings is 2. The maximum absolute atomic E-state index is 12.4. The molecule has 1 saturated heterocycles. The zero-order chi connectivity index (χ0) is 21.1. The van der Waals surface area contributed by atoms with Crippen molar-refractivity contribution < 1.29 is 19.2 Å². The molecule has 0 unspecified atom stereocenters. The standard InChI is InChI=1S/C23H22BrN3O3/c1-16-13-17(22(28)20(24)14-16)15-25-18-4-6-19(7-5-18)26-8-10-27(11-9-26)23(29)21-3-2-12-30-21/h2-7,12-15,28H,8-11H2,1H3. The number of hydrogen-bond acceptors (Lipinski definition) is 4. The van der Waals surface area contributed by atoms with Gasteiger partial charge in [0.05, 0.1) is 38.1 Å². The summed E-state index contributed by atoms with van der Waals surface area (Å²) in [6.45, 7) is 4.99. The molecule has 0 radical (unpaired) electrons. The third kappa shape index (κ3) is 4.47. The average Bonchev–Trinajstić information content (AvgIpc) is 3.30. The summed E-state index contributed by atoms with van der Waals surface area (Å²) in [5.74, 6) is 0.277. The third-order valence-corrected chi connectivity index (χ3v) is 5.82. The lowest BCUT2D eigenvalue weighted by molar-refractivity contribution is -0.837. The number of rotatable bonds is 4. The van der Waals surface area contributed by atoms with Gasteiger partial charge in [-0.25, -0.2) is 0 Å². The average molecular weight is 468 g/mol. The second kappa shape index (κ2) is 8.85. The molecule has 0 aliphatic carbocycles. The summed E-state index contributed by atoms with van der Waals surface area (Å²) in [5.41, 5.74) is 3.53. The van der Waals surface area contributed by atoms with Crippen molar-refractivity contribution in [3.05, 3.63) is 76.2 Å². The minimum Gasteiger partial charge on any atom is -0.871 e. The van der Waals surface area contributed by atoms with E-state index in [2.05, 4.69) is 33.1 Å². The number of aliphatic imine (C=N–C) groups is 1. The van der Waals surface area contributed by atoms with Crippen LogP contribution < -0.4 is 10.0 Å². The maximum atomic E-state index is 12.4. The fraction of sp³-hybridized carbons (Fsp3) is 0.217. The highest BCUT2D eigenvalue weighted by molar-refractivity contribution is 9.10. The lowest BCUT2D eigenvalue weighted by Gasteiger charge is -2.31. The van der Waals surface area contributed by atoms with Crippen LogP contribution in [0.4, 0.5) is 11.4 Å². The van der Waals surface area contributed by atoms with Gasteiger partial charge in [-0.15, -0.1) is 0 Å². The second-order valence-corrected chi connectivity index (χ2v) is 8.20. The molecule has 1 aromatic heterocycles. The Balaban J connectivity index is 1.38. The number of quaternary nitrogens is 1. The van der Waals surface area contributed by atoms with E-state index in [1.807, 2.05) is 30.0 Å². The molecule has 0 atom stereocenters. The summed E-state index contributed by atoms with van der Waals surface area (Å²) in [6, 6.07) is 15.1. The van der Waals surface area contributed by atoms with Crippen molar-refractivity contribution in [1.82, 2.24) is 4.90 Å². The number of nitrogens with zero attached hydrogens (tertiary/aromatic N) is 2. The third-order valence-electron chi connectivity index (χ3n) is 5.23. The van der Waals surface area contributed by atoms with Gasteiger partial charge < -0.3 is 14.4 Å².